The highest BCUT2D eigenvalue weighted by Gasteiger charge is 2.36. The van der Waals surface area contributed by atoms with Gasteiger partial charge in [-0.2, -0.15) is 0 Å². The summed E-state index contributed by atoms with van der Waals surface area (Å²) in [6, 6.07) is 11.7. The largest absolute Gasteiger partial charge is 0.465 e. The van der Waals surface area contributed by atoms with Gasteiger partial charge in [-0.05, 0) is 83.8 Å². The number of aromatic nitrogens is 1. The highest BCUT2D eigenvalue weighted by atomic mass is 127. The molecule has 1 aliphatic heterocycles. The molecule has 2 aromatic rings. The number of carbonyl (C=O) groups excluding carboxylic acids is 3. The Bertz CT molecular complexity index is 889. The van der Waals surface area contributed by atoms with Crippen LogP contribution in [-0.2, 0) is 14.3 Å². The lowest BCUT2D eigenvalue weighted by Crippen LogP contribution is -2.34. The first-order valence-electron chi connectivity index (χ1n) is 7.84. The molecular weight excluding hydrogens is 467 g/mol. The van der Waals surface area contributed by atoms with Crippen molar-refractivity contribution < 1.29 is 19.1 Å². The predicted octanol–water partition coefficient (Wildman–Crippen LogP) is 3.68. The van der Waals surface area contributed by atoms with E-state index in [9.17, 15) is 14.4 Å². The zero-order valence-corrected chi connectivity index (χ0v) is 16.8. The second-order valence-corrected chi connectivity index (χ2v) is 7.59. The maximum absolute atomic E-state index is 12.5. The molecule has 3 rings (SSSR count). The number of thioether (sulfide) groups is 1. The van der Waals surface area contributed by atoms with Crippen molar-refractivity contribution in [2.45, 2.75) is 6.92 Å². The van der Waals surface area contributed by atoms with Crippen LogP contribution in [0.5, 0.6) is 0 Å². The molecule has 134 valence electrons. The molecule has 2 amide bonds. The van der Waals surface area contributed by atoms with Crippen LogP contribution in [0.25, 0.3) is 11.8 Å². The van der Waals surface area contributed by atoms with Gasteiger partial charge in [0.25, 0.3) is 11.1 Å². The summed E-state index contributed by atoms with van der Waals surface area (Å²) in [6.07, 6.45) is 3.55. The second-order valence-electron chi connectivity index (χ2n) is 5.35. The molecule has 1 aromatic heterocycles. The number of hydrogen-bond acceptors (Lipinski definition) is 5. The number of esters is 1. The Labute approximate surface area is 168 Å². The van der Waals surface area contributed by atoms with E-state index in [1.807, 2.05) is 47.2 Å². The molecule has 0 N–H and O–H groups in total. The third kappa shape index (κ3) is 4.01. The molecule has 0 saturated carbocycles. The van der Waals surface area contributed by atoms with Gasteiger partial charge in [0, 0.05) is 21.1 Å². The van der Waals surface area contributed by atoms with Crippen LogP contribution >= 0.6 is 34.4 Å². The SMILES string of the molecule is CCOC(=O)CN1C(=O)S/C(=C\c2cccn2-c2ccc(I)cc2)C1=O. The van der Waals surface area contributed by atoms with Gasteiger partial charge in [-0.1, -0.05) is 0 Å². The molecule has 0 aliphatic carbocycles. The smallest absolute Gasteiger partial charge is 0.326 e. The molecule has 26 heavy (non-hydrogen) atoms. The number of hydrogen-bond donors (Lipinski definition) is 0. The van der Waals surface area contributed by atoms with Crippen LogP contribution in [0, 0.1) is 3.57 Å². The first kappa shape index (κ1) is 18.7. The summed E-state index contributed by atoms with van der Waals surface area (Å²) in [5, 5.41) is -0.471. The van der Waals surface area contributed by atoms with Crippen LogP contribution in [0.1, 0.15) is 12.6 Å². The summed E-state index contributed by atoms with van der Waals surface area (Å²) in [7, 11) is 0. The first-order chi connectivity index (χ1) is 12.5. The lowest BCUT2D eigenvalue weighted by atomic mass is 10.3. The summed E-state index contributed by atoms with van der Waals surface area (Å²) in [6.45, 7) is 1.51. The van der Waals surface area contributed by atoms with Crippen molar-refractivity contribution in [3.63, 3.8) is 0 Å². The monoisotopic (exact) mass is 482 g/mol. The molecule has 0 spiro atoms. The fraction of sp³-hybridized carbons (Fsp3) is 0.167. The number of amides is 2. The highest BCUT2D eigenvalue weighted by molar-refractivity contribution is 14.1. The lowest BCUT2D eigenvalue weighted by molar-refractivity contribution is -0.145. The van der Waals surface area contributed by atoms with E-state index in [0.29, 0.717) is 0 Å². The Balaban J connectivity index is 1.84. The van der Waals surface area contributed by atoms with E-state index in [0.717, 1.165) is 31.6 Å². The minimum atomic E-state index is -0.599. The minimum absolute atomic E-state index is 0.203. The van der Waals surface area contributed by atoms with Gasteiger partial charge in [0.15, 0.2) is 0 Å². The predicted molar refractivity (Wildman–Crippen MR) is 108 cm³/mol. The Hall–Kier alpha value is -2.07. The van der Waals surface area contributed by atoms with Gasteiger partial charge in [-0.15, -0.1) is 0 Å². The van der Waals surface area contributed by atoms with Crippen molar-refractivity contribution in [1.29, 1.82) is 0 Å². The van der Waals surface area contributed by atoms with E-state index in [1.165, 1.54) is 0 Å². The van der Waals surface area contributed by atoms with E-state index in [-0.39, 0.29) is 18.1 Å². The maximum atomic E-state index is 12.5. The number of ether oxygens (including phenoxy) is 1. The number of nitrogens with zero attached hydrogens (tertiary/aromatic N) is 2. The van der Waals surface area contributed by atoms with Crippen LogP contribution in [0.4, 0.5) is 4.79 Å². The van der Waals surface area contributed by atoms with Crippen molar-refractivity contribution in [2.75, 3.05) is 13.2 Å². The average molecular weight is 482 g/mol. The second kappa shape index (κ2) is 8.09. The quantitative estimate of drug-likeness (QED) is 0.370. The van der Waals surface area contributed by atoms with Crippen molar-refractivity contribution in [2.24, 2.45) is 0 Å². The third-order valence-corrected chi connectivity index (χ3v) is 5.26. The van der Waals surface area contributed by atoms with E-state index in [2.05, 4.69) is 22.6 Å². The van der Waals surface area contributed by atoms with Gasteiger partial charge in [-0.3, -0.25) is 19.3 Å². The summed E-state index contributed by atoms with van der Waals surface area (Å²) >= 11 is 3.06. The van der Waals surface area contributed by atoms with Crippen LogP contribution in [0.15, 0.2) is 47.5 Å². The van der Waals surface area contributed by atoms with Crippen molar-refractivity contribution in [1.82, 2.24) is 9.47 Å². The van der Waals surface area contributed by atoms with E-state index >= 15 is 0 Å². The number of benzene rings is 1. The molecule has 0 atom stereocenters. The molecule has 0 bridgehead atoms. The van der Waals surface area contributed by atoms with Crippen molar-refractivity contribution >= 4 is 57.5 Å². The van der Waals surface area contributed by atoms with Crippen LogP contribution in [-0.4, -0.2) is 39.7 Å². The molecule has 0 unspecified atom stereocenters. The maximum Gasteiger partial charge on any atom is 0.326 e. The summed E-state index contributed by atoms with van der Waals surface area (Å²) in [5.74, 6) is -1.08. The van der Waals surface area contributed by atoms with E-state index in [1.54, 1.807) is 13.0 Å². The van der Waals surface area contributed by atoms with Gasteiger partial charge >= 0.3 is 5.97 Å². The molecule has 1 saturated heterocycles. The molecule has 1 aromatic carbocycles. The number of imide groups is 1. The Morgan fingerprint density at radius 2 is 1.96 bits per heavy atom. The zero-order chi connectivity index (χ0) is 18.7. The summed E-state index contributed by atoms with van der Waals surface area (Å²) in [4.78, 5) is 37.3. The summed E-state index contributed by atoms with van der Waals surface area (Å²) in [5.41, 5.74) is 1.72. The zero-order valence-electron chi connectivity index (χ0n) is 13.8. The van der Waals surface area contributed by atoms with Gasteiger partial charge < -0.3 is 9.30 Å². The molecule has 8 heteroatoms. The van der Waals surface area contributed by atoms with Gasteiger partial charge in [0.05, 0.1) is 11.5 Å². The average Bonchev–Trinajstić information content (AvgIpc) is 3.16. The van der Waals surface area contributed by atoms with Crippen LogP contribution in [0.3, 0.4) is 0 Å². The van der Waals surface area contributed by atoms with Gasteiger partial charge in [-0.25, -0.2) is 0 Å². The highest BCUT2D eigenvalue weighted by Crippen LogP contribution is 2.32. The fourth-order valence-electron chi connectivity index (χ4n) is 2.45. The Kier molecular flexibility index (Phi) is 5.82. The molecular formula is C18H15IN2O4S. The molecule has 1 aliphatic rings. The fourth-order valence-corrected chi connectivity index (χ4v) is 3.64. The van der Waals surface area contributed by atoms with Crippen LogP contribution < -0.4 is 0 Å². The first-order valence-corrected chi connectivity index (χ1v) is 9.73. The Morgan fingerprint density at radius 1 is 1.23 bits per heavy atom. The Morgan fingerprint density at radius 3 is 2.65 bits per heavy atom. The molecule has 1 fully saturated rings. The van der Waals surface area contributed by atoms with E-state index in [4.69, 9.17) is 4.74 Å². The molecule has 0 radical (unpaired) electrons. The topological polar surface area (TPSA) is 68.6 Å². The van der Waals surface area contributed by atoms with E-state index < -0.39 is 17.1 Å². The number of rotatable bonds is 5. The van der Waals surface area contributed by atoms with Crippen molar-refractivity contribution in [3.05, 3.63) is 56.8 Å². The minimum Gasteiger partial charge on any atom is -0.465 e. The standard InChI is InChI=1S/C18H15IN2O4S/c1-2-25-16(22)11-21-17(23)15(26-18(21)24)10-14-4-3-9-20(14)13-7-5-12(19)6-8-13/h3-10H,2,11H2,1H3/b15-10-. The molecule has 6 nitrogen and oxygen atoms in total. The van der Waals surface area contributed by atoms with Gasteiger partial charge in [0.1, 0.15) is 6.54 Å². The van der Waals surface area contributed by atoms with Crippen LogP contribution in [0.2, 0.25) is 0 Å². The van der Waals surface area contributed by atoms with Gasteiger partial charge in [0.2, 0.25) is 0 Å². The summed E-state index contributed by atoms with van der Waals surface area (Å²) < 4.78 is 7.86. The lowest BCUT2D eigenvalue weighted by Gasteiger charge is -2.11. The normalized spacial score (nSPS) is 15.8. The molecule has 2 heterocycles. The van der Waals surface area contributed by atoms with Crippen molar-refractivity contribution in [3.8, 4) is 5.69 Å². The number of halogens is 1. The number of carbonyl (C=O) groups is 3. The third-order valence-electron chi connectivity index (χ3n) is 3.63.